The van der Waals surface area contributed by atoms with Gasteiger partial charge >= 0.3 is 30.9 Å². The van der Waals surface area contributed by atoms with Crippen molar-refractivity contribution in [2.75, 3.05) is 18.6 Å². The number of ether oxygens (including phenoxy) is 3. The predicted molar refractivity (Wildman–Crippen MR) is 124 cm³/mol. The van der Waals surface area contributed by atoms with Gasteiger partial charge in [-0.25, -0.2) is 9.59 Å². The average molecular weight is 602 g/mol. The third kappa shape index (κ3) is 7.47. The van der Waals surface area contributed by atoms with Gasteiger partial charge in [-0.15, -0.1) is 13.2 Å². The smallest absolute Gasteiger partial charge is 0.453 e. The third-order valence-corrected chi connectivity index (χ3v) is 6.11. The fourth-order valence-corrected chi connectivity index (χ4v) is 4.50. The summed E-state index contributed by atoms with van der Waals surface area (Å²) in [5.74, 6) is -0.747. The molecule has 0 aromatic heterocycles. The predicted octanol–water partition coefficient (Wildman–Crippen LogP) is 7.69. The number of alkyl halides is 9. The Bertz CT molecular complexity index is 1250. The quantitative estimate of drug-likeness (QED) is 0.329. The summed E-state index contributed by atoms with van der Waals surface area (Å²) < 4.78 is 133. The van der Waals surface area contributed by atoms with Crippen LogP contribution >= 0.6 is 0 Å². The number of hydrogen-bond donors (Lipinski definition) is 0. The van der Waals surface area contributed by atoms with Crippen LogP contribution < -0.4 is 9.64 Å². The van der Waals surface area contributed by atoms with Gasteiger partial charge in [0.05, 0.1) is 36.6 Å². The Labute approximate surface area is 227 Å². The number of amides is 2. The van der Waals surface area contributed by atoms with Crippen LogP contribution in [0.4, 0.5) is 54.8 Å². The first kappa shape index (κ1) is 31.7. The fraction of sp³-hybridized carbons (Fsp3) is 0.440. The van der Waals surface area contributed by atoms with Gasteiger partial charge in [-0.05, 0) is 62.2 Å². The topological polar surface area (TPSA) is 68.3 Å². The average Bonchev–Trinajstić information content (AvgIpc) is 2.84. The van der Waals surface area contributed by atoms with Crippen LogP contribution in [0.1, 0.15) is 48.6 Å². The lowest BCUT2D eigenvalue weighted by molar-refractivity contribution is -0.274. The number of methoxy groups -OCH3 is 1. The van der Waals surface area contributed by atoms with E-state index in [2.05, 4.69) is 4.74 Å². The van der Waals surface area contributed by atoms with Crippen molar-refractivity contribution in [2.24, 2.45) is 0 Å². The number of nitrogens with zero attached hydrogens (tertiary/aromatic N) is 2. The van der Waals surface area contributed by atoms with Crippen molar-refractivity contribution >= 4 is 17.9 Å². The highest BCUT2D eigenvalue weighted by atomic mass is 19.4. The zero-order valence-electron chi connectivity index (χ0n) is 21.6. The molecule has 0 aliphatic carbocycles. The summed E-state index contributed by atoms with van der Waals surface area (Å²) in [6.07, 6.45) is -17.7. The van der Waals surface area contributed by atoms with Gasteiger partial charge in [0.2, 0.25) is 0 Å². The maximum Gasteiger partial charge on any atom is 0.573 e. The molecule has 2 atom stereocenters. The summed E-state index contributed by atoms with van der Waals surface area (Å²) >= 11 is 0. The summed E-state index contributed by atoms with van der Waals surface area (Å²) in [6, 6.07) is 1.56. The van der Waals surface area contributed by atoms with Crippen LogP contribution in [-0.2, 0) is 28.4 Å². The molecule has 0 spiro atoms. The Hall–Kier alpha value is -3.85. The van der Waals surface area contributed by atoms with E-state index in [1.165, 1.54) is 13.8 Å². The molecular weight excluding hydrogens is 579 g/mol. The molecule has 1 aliphatic rings. The molecule has 7 nitrogen and oxygen atoms in total. The van der Waals surface area contributed by atoms with Gasteiger partial charge in [-0.1, -0.05) is 0 Å². The number of rotatable bonds is 5. The molecule has 0 radical (unpaired) electrons. The van der Waals surface area contributed by atoms with Crippen LogP contribution in [0.25, 0.3) is 0 Å². The summed E-state index contributed by atoms with van der Waals surface area (Å²) in [7, 11) is 0.907. The van der Waals surface area contributed by atoms with E-state index in [1.807, 2.05) is 0 Å². The fourth-order valence-electron chi connectivity index (χ4n) is 4.50. The van der Waals surface area contributed by atoms with Crippen molar-refractivity contribution in [1.29, 1.82) is 0 Å². The minimum Gasteiger partial charge on any atom is -0.453 e. The van der Waals surface area contributed by atoms with E-state index in [1.54, 1.807) is 0 Å². The van der Waals surface area contributed by atoms with Gasteiger partial charge in [0.15, 0.2) is 0 Å². The van der Waals surface area contributed by atoms with E-state index in [0.717, 1.165) is 35.1 Å². The first-order chi connectivity index (χ1) is 18.9. The maximum atomic E-state index is 13.4. The standard InChI is InChI=1S/C25H23F9N2O5/c1-4-40-22(38)36-13(2)7-20(18-11-17(5-6-19(18)36)41-25(32,33)34)35(21(37)39-3)12-14-8-15(23(26,27)28)10-16(9-14)24(29,30)31/h5-6,8-11,13,20H,4,7,12H2,1-3H3/t13-,20+/m1/s1. The van der Waals surface area contributed by atoms with E-state index in [4.69, 9.17) is 9.47 Å². The van der Waals surface area contributed by atoms with Gasteiger partial charge in [-0.2, -0.15) is 26.3 Å². The van der Waals surface area contributed by atoms with E-state index in [-0.39, 0.29) is 30.3 Å². The van der Waals surface area contributed by atoms with Crippen molar-refractivity contribution in [1.82, 2.24) is 4.90 Å². The van der Waals surface area contributed by atoms with Gasteiger partial charge in [0, 0.05) is 18.2 Å². The molecule has 41 heavy (non-hydrogen) atoms. The highest BCUT2D eigenvalue weighted by Gasteiger charge is 2.42. The second-order valence-corrected chi connectivity index (χ2v) is 8.95. The number of carbonyl (C=O) groups is 2. The van der Waals surface area contributed by atoms with E-state index in [9.17, 15) is 49.1 Å². The van der Waals surface area contributed by atoms with E-state index in [0.29, 0.717) is 12.1 Å². The Balaban J connectivity index is 2.18. The highest BCUT2D eigenvalue weighted by Crippen LogP contribution is 2.44. The van der Waals surface area contributed by atoms with Gasteiger partial charge < -0.3 is 14.2 Å². The SMILES string of the molecule is CCOC(=O)N1c2ccc(OC(F)(F)F)cc2[C@@H](N(Cc2cc(C(F)(F)F)cc(C(F)(F)F)c2)C(=O)OC)C[C@H]1C. The summed E-state index contributed by atoms with van der Waals surface area (Å²) in [5.41, 5.74) is -3.97. The molecule has 0 fully saturated rings. The van der Waals surface area contributed by atoms with Crippen molar-refractivity contribution in [3.63, 3.8) is 0 Å². The molecule has 2 amide bonds. The zero-order valence-corrected chi connectivity index (χ0v) is 21.6. The molecule has 0 N–H and O–H groups in total. The zero-order chi connectivity index (χ0) is 30.9. The number of carbonyl (C=O) groups excluding carboxylic acids is 2. The Morgan fingerprint density at radius 3 is 2.02 bits per heavy atom. The Morgan fingerprint density at radius 1 is 0.951 bits per heavy atom. The molecule has 1 heterocycles. The van der Waals surface area contributed by atoms with Gasteiger partial charge in [-0.3, -0.25) is 9.80 Å². The first-order valence-electron chi connectivity index (χ1n) is 11.8. The minimum atomic E-state index is -5.16. The lowest BCUT2D eigenvalue weighted by Crippen LogP contribution is -2.47. The molecule has 0 unspecified atom stereocenters. The first-order valence-corrected chi connectivity index (χ1v) is 11.8. The van der Waals surface area contributed by atoms with Crippen LogP contribution in [0.2, 0.25) is 0 Å². The number of benzene rings is 2. The van der Waals surface area contributed by atoms with Crippen LogP contribution in [-0.4, -0.2) is 43.2 Å². The molecular formula is C25H23F9N2O5. The second kappa shape index (κ2) is 11.6. The molecule has 226 valence electrons. The number of anilines is 1. The largest absolute Gasteiger partial charge is 0.573 e. The minimum absolute atomic E-state index is 0.0179. The van der Waals surface area contributed by atoms with Crippen molar-refractivity contribution in [2.45, 2.75) is 57.6 Å². The van der Waals surface area contributed by atoms with Crippen molar-refractivity contribution < 1.29 is 63.3 Å². The molecule has 0 bridgehead atoms. The summed E-state index contributed by atoms with van der Waals surface area (Å²) in [4.78, 5) is 27.4. The summed E-state index contributed by atoms with van der Waals surface area (Å²) in [5, 5.41) is 0. The molecule has 0 saturated carbocycles. The van der Waals surface area contributed by atoms with Crippen LogP contribution in [0.3, 0.4) is 0 Å². The molecule has 2 aromatic rings. The highest BCUT2D eigenvalue weighted by molar-refractivity contribution is 5.90. The van der Waals surface area contributed by atoms with E-state index < -0.39 is 72.0 Å². The summed E-state index contributed by atoms with van der Waals surface area (Å²) in [6.45, 7) is 2.11. The molecule has 3 rings (SSSR count). The third-order valence-electron chi connectivity index (χ3n) is 6.11. The van der Waals surface area contributed by atoms with Crippen LogP contribution in [0, 0.1) is 0 Å². The van der Waals surface area contributed by atoms with Gasteiger partial charge in [0.25, 0.3) is 0 Å². The molecule has 2 aromatic carbocycles. The lowest BCUT2D eigenvalue weighted by atomic mass is 9.90. The number of fused-ring (bicyclic) bond motifs is 1. The second-order valence-electron chi connectivity index (χ2n) is 8.95. The van der Waals surface area contributed by atoms with E-state index >= 15 is 0 Å². The Morgan fingerprint density at radius 2 is 1.54 bits per heavy atom. The van der Waals surface area contributed by atoms with Crippen molar-refractivity contribution in [3.05, 3.63) is 58.7 Å². The van der Waals surface area contributed by atoms with Crippen LogP contribution in [0.15, 0.2) is 36.4 Å². The molecule has 1 aliphatic heterocycles. The normalized spacial score (nSPS) is 17.5. The maximum absolute atomic E-state index is 13.4. The Kier molecular flexibility index (Phi) is 8.93. The monoisotopic (exact) mass is 602 g/mol. The molecule has 0 saturated heterocycles. The van der Waals surface area contributed by atoms with Crippen LogP contribution in [0.5, 0.6) is 5.75 Å². The number of hydrogen-bond acceptors (Lipinski definition) is 5. The van der Waals surface area contributed by atoms with Gasteiger partial charge in [0.1, 0.15) is 5.75 Å². The lowest BCUT2D eigenvalue weighted by Gasteiger charge is -2.42. The van der Waals surface area contributed by atoms with Crippen molar-refractivity contribution in [3.8, 4) is 5.75 Å². The molecule has 16 heteroatoms. The number of halogens is 9.